The van der Waals surface area contributed by atoms with Crippen LogP contribution in [0.25, 0.3) is 0 Å². The first-order chi connectivity index (χ1) is 11.3. The first kappa shape index (κ1) is 17.1. The minimum Gasteiger partial charge on any atom is -0.493 e. The van der Waals surface area contributed by atoms with Gasteiger partial charge in [-0.2, -0.15) is 0 Å². The number of primary amides is 1. The number of amides is 2. The molecule has 0 bridgehead atoms. The molecule has 0 spiro atoms. The van der Waals surface area contributed by atoms with Gasteiger partial charge in [-0.3, -0.25) is 24.5 Å². The number of benzene rings is 1. The number of nitro groups is 1. The third-order valence-electron chi connectivity index (χ3n) is 3.34. The van der Waals surface area contributed by atoms with Crippen molar-refractivity contribution in [3.8, 4) is 5.75 Å². The van der Waals surface area contributed by atoms with Crippen molar-refractivity contribution >= 4 is 23.3 Å². The molecule has 9 heteroatoms. The monoisotopic (exact) mass is 333 g/mol. The number of nitrogens with one attached hydrogen (secondary N) is 1. The van der Waals surface area contributed by atoms with Crippen molar-refractivity contribution < 1.29 is 24.0 Å². The van der Waals surface area contributed by atoms with Crippen molar-refractivity contribution in [2.45, 2.75) is 19.4 Å². The fourth-order valence-electron chi connectivity index (χ4n) is 2.21. The molecule has 0 aliphatic carbocycles. The highest BCUT2D eigenvalue weighted by molar-refractivity contribution is 6.49. The van der Waals surface area contributed by atoms with Crippen molar-refractivity contribution in [3.05, 3.63) is 45.5 Å². The zero-order chi connectivity index (χ0) is 17.9. The van der Waals surface area contributed by atoms with Gasteiger partial charge in [0.1, 0.15) is 5.75 Å². The summed E-state index contributed by atoms with van der Waals surface area (Å²) in [6, 6.07) is 2.96. The molecule has 0 saturated heterocycles. The second kappa shape index (κ2) is 6.90. The summed E-state index contributed by atoms with van der Waals surface area (Å²) in [5, 5.41) is 13.4. The van der Waals surface area contributed by atoms with Gasteiger partial charge in [-0.05, 0) is 18.6 Å². The zero-order valence-corrected chi connectivity index (χ0v) is 12.8. The van der Waals surface area contributed by atoms with Crippen LogP contribution in [0.5, 0.6) is 5.75 Å². The number of Topliss-reactive ketones (excluding diaryl/α,β-unsaturated/α-hetero) is 1. The highest BCUT2D eigenvalue weighted by Crippen LogP contribution is 2.32. The quantitative estimate of drug-likeness (QED) is 0.337. The molecule has 126 valence electrons. The maximum atomic E-state index is 11.8. The van der Waals surface area contributed by atoms with Gasteiger partial charge in [-0.25, -0.2) is 0 Å². The van der Waals surface area contributed by atoms with E-state index in [0.29, 0.717) is 18.8 Å². The molecule has 0 aromatic heterocycles. The highest BCUT2D eigenvalue weighted by atomic mass is 16.6. The van der Waals surface area contributed by atoms with Crippen LogP contribution in [0.4, 0.5) is 5.69 Å². The van der Waals surface area contributed by atoms with Crippen LogP contribution in [-0.4, -0.2) is 29.1 Å². The molecule has 1 atom stereocenters. The summed E-state index contributed by atoms with van der Waals surface area (Å²) >= 11 is 0. The Morgan fingerprint density at radius 3 is 2.71 bits per heavy atom. The Morgan fingerprint density at radius 2 is 2.12 bits per heavy atom. The van der Waals surface area contributed by atoms with Gasteiger partial charge in [0.2, 0.25) is 0 Å². The molecule has 1 aliphatic rings. The van der Waals surface area contributed by atoms with E-state index in [1.54, 1.807) is 0 Å². The predicted octanol–water partition coefficient (Wildman–Crippen LogP) is 0.535. The number of nitro benzene ring substituents is 1. The van der Waals surface area contributed by atoms with E-state index in [1.807, 2.05) is 6.92 Å². The smallest absolute Gasteiger partial charge is 0.293 e. The van der Waals surface area contributed by atoms with Gasteiger partial charge in [0.15, 0.2) is 0 Å². The lowest BCUT2D eigenvalue weighted by Crippen LogP contribution is -2.42. The third-order valence-corrected chi connectivity index (χ3v) is 3.34. The molecule has 3 N–H and O–H groups in total. The SMILES string of the molecule is CCCOc1ccc([N+](=O)[O-])cc1C1C=C(C(N)=O)C(=O)C(=O)N1. The molecular formula is C15H15N3O6. The number of ether oxygens (including phenoxy) is 1. The van der Waals surface area contributed by atoms with Crippen LogP contribution in [0.1, 0.15) is 24.9 Å². The molecule has 1 aromatic rings. The fraction of sp³-hybridized carbons (Fsp3) is 0.267. The standard InChI is InChI=1S/C15H15N3O6/c1-2-5-24-12-4-3-8(18(22)23)6-9(12)11-7-10(14(16)20)13(19)15(21)17-11/h3-4,6-7,11H,2,5H2,1H3,(H2,16,20)(H,17,21). The number of hydrogen-bond acceptors (Lipinski definition) is 6. The number of nitrogens with two attached hydrogens (primary N) is 1. The number of ketones is 1. The molecule has 1 aromatic carbocycles. The van der Waals surface area contributed by atoms with E-state index in [-0.39, 0.29) is 11.3 Å². The Balaban J connectivity index is 2.53. The minimum absolute atomic E-state index is 0.214. The summed E-state index contributed by atoms with van der Waals surface area (Å²) in [5.41, 5.74) is 4.70. The molecule has 1 heterocycles. The van der Waals surface area contributed by atoms with E-state index >= 15 is 0 Å². The molecule has 0 radical (unpaired) electrons. The molecular weight excluding hydrogens is 318 g/mol. The van der Waals surface area contributed by atoms with Crippen molar-refractivity contribution in [1.82, 2.24) is 5.32 Å². The lowest BCUT2D eigenvalue weighted by atomic mass is 9.96. The molecule has 9 nitrogen and oxygen atoms in total. The number of carbonyl (C=O) groups is 3. The Labute approximate surface area is 136 Å². The summed E-state index contributed by atoms with van der Waals surface area (Å²) in [6.07, 6.45) is 1.87. The molecule has 1 aliphatic heterocycles. The number of carbonyl (C=O) groups excluding carboxylic acids is 3. The lowest BCUT2D eigenvalue weighted by molar-refractivity contribution is -0.385. The van der Waals surface area contributed by atoms with E-state index in [2.05, 4.69) is 5.32 Å². The van der Waals surface area contributed by atoms with Gasteiger partial charge >= 0.3 is 0 Å². The van der Waals surface area contributed by atoms with Gasteiger partial charge < -0.3 is 15.8 Å². The molecule has 2 rings (SSSR count). The Morgan fingerprint density at radius 1 is 1.42 bits per heavy atom. The predicted molar refractivity (Wildman–Crippen MR) is 82.1 cm³/mol. The molecule has 24 heavy (non-hydrogen) atoms. The first-order valence-electron chi connectivity index (χ1n) is 7.13. The summed E-state index contributed by atoms with van der Waals surface area (Å²) in [7, 11) is 0. The van der Waals surface area contributed by atoms with Crippen LogP contribution >= 0.6 is 0 Å². The number of non-ortho nitro benzene ring substituents is 1. The molecule has 0 saturated carbocycles. The van der Waals surface area contributed by atoms with Crippen LogP contribution in [-0.2, 0) is 14.4 Å². The Hall–Kier alpha value is -3.23. The van der Waals surface area contributed by atoms with Crippen LogP contribution in [0, 0.1) is 10.1 Å². The minimum atomic E-state index is -1.04. The van der Waals surface area contributed by atoms with Gasteiger partial charge in [0.25, 0.3) is 23.3 Å². The first-order valence-corrected chi connectivity index (χ1v) is 7.13. The second-order valence-electron chi connectivity index (χ2n) is 5.05. The number of nitrogens with zero attached hydrogens (tertiary/aromatic N) is 1. The summed E-state index contributed by atoms with van der Waals surface area (Å²) in [5.74, 6) is -2.78. The Bertz CT molecular complexity index is 756. The topological polar surface area (TPSA) is 142 Å². The maximum absolute atomic E-state index is 11.8. The van der Waals surface area contributed by atoms with Crippen molar-refractivity contribution in [2.24, 2.45) is 5.73 Å². The molecule has 0 fully saturated rings. The van der Waals surface area contributed by atoms with E-state index in [0.717, 1.165) is 0 Å². The second-order valence-corrected chi connectivity index (χ2v) is 5.05. The van der Waals surface area contributed by atoms with E-state index in [9.17, 15) is 24.5 Å². The average molecular weight is 333 g/mol. The maximum Gasteiger partial charge on any atom is 0.293 e. The van der Waals surface area contributed by atoms with E-state index < -0.39 is 34.1 Å². The van der Waals surface area contributed by atoms with Crippen molar-refractivity contribution in [1.29, 1.82) is 0 Å². The molecule has 2 amide bonds. The summed E-state index contributed by atoms with van der Waals surface area (Å²) in [4.78, 5) is 45.1. The number of rotatable bonds is 6. The Kier molecular flexibility index (Phi) is 4.93. The van der Waals surface area contributed by atoms with Gasteiger partial charge in [0, 0.05) is 17.7 Å². The molecule has 1 unspecified atom stereocenters. The lowest BCUT2D eigenvalue weighted by Gasteiger charge is -2.22. The van der Waals surface area contributed by atoms with Crippen molar-refractivity contribution in [2.75, 3.05) is 6.61 Å². The largest absolute Gasteiger partial charge is 0.493 e. The van der Waals surface area contributed by atoms with Crippen LogP contribution in [0.15, 0.2) is 29.8 Å². The van der Waals surface area contributed by atoms with Gasteiger partial charge in [-0.15, -0.1) is 0 Å². The average Bonchev–Trinajstić information content (AvgIpc) is 2.54. The van der Waals surface area contributed by atoms with Crippen molar-refractivity contribution in [3.63, 3.8) is 0 Å². The van der Waals surface area contributed by atoms with E-state index in [1.165, 1.54) is 24.3 Å². The van der Waals surface area contributed by atoms with Gasteiger partial charge in [-0.1, -0.05) is 6.92 Å². The zero-order valence-electron chi connectivity index (χ0n) is 12.8. The number of hydrogen-bond donors (Lipinski definition) is 2. The summed E-state index contributed by atoms with van der Waals surface area (Å²) < 4.78 is 5.53. The van der Waals surface area contributed by atoms with E-state index in [4.69, 9.17) is 10.5 Å². The van der Waals surface area contributed by atoms with Gasteiger partial charge in [0.05, 0.1) is 23.1 Å². The van der Waals surface area contributed by atoms with Crippen LogP contribution in [0.2, 0.25) is 0 Å². The third kappa shape index (κ3) is 3.40. The van der Waals surface area contributed by atoms with Crippen LogP contribution < -0.4 is 15.8 Å². The van der Waals surface area contributed by atoms with Crippen LogP contribution in [0.3, 0.4) is 0 Å². The highest BCUT2D eigenvalue weighted by Gasteiger charge is 2.33. The normalized spacial score (nSPS) is 17.0. The fourth-order valence-corrected chi connectivity index (χ4v) is 2.21. The summed E-state index contributed by atoms with van der Waals surface area (Å²) in [6.45, 7) is 2.24.